The lowest BCUT2D eigenvalue weighted by molar-refractivity contribution is -0.125. The zero-order valence-electron chi connectivity index (χ0n) is 12.5. The molecule has 4 saturated carbocycles. The molecule has 3 amide bonds. The van der Waals surface area contributed by atoms with Gasteiger partial charge in [-0.1, -0.05) is 0 Å². The molecule has 21 heavy (non-hydrogen) atoms. The van der Waals surface area contributed by atoms with Crippen LogP contribution in [0.15, 0.2) is 5.10 Å². The summed E-state index contributed by atoms with van der Waals surface area (Å²) in [4.78, 5) is 22.8. The molecule has 116 valence electrons. The summed E-state index contributed by atoms with van der Waals surface area (Å²) in [5.74, 6) is 2.43. The molecular formula is C15H24N4O2. The van der Waals surface area contributed by atoms with Crippen LogP contribution in [0.2, 0.25) is 0 Å². The van der Waals surface area contributed by atoms with Gasteiger partial charge in [-0.3, -0.25) is 4.79 Å². The highest BCUT2D eigenvalue weighted by molar-refractivity contribution is 6.00. The van der Waals surface area contributed by atoms with E-state index in [1.54, 1.807) is 6.92 Å². The van der Waals surface area contributed by atoms with Gasteiger partial charge in [0.15, 0.2) is 0 Å². The lowest BCUT2D eigenvalue weighted by Crippen LogP contribution is -2.60. The van der Waals surface area contributed by atoms with Crippen molar-refractivity contribution in [3.63, 3.8) is 0 Å². The van der Waals surface area contributed by atoms with Crippen molar-refractivity contribution in [1.29, 1.82) is 0 Å². The van der Waals surface area contributed by atoms with Gasteiger partial charge in [-0.05, 0) is 63.2 Å². The van der Waals surface area contributed by atoms with Crippen LogP contribution in [0.1, 0.15) is 51.9 Å². The SMILES string of the molecule is C/C(CC(=O)NC12CC3CC(CC(C3)C1)C2)=N\NC(N)=O. The normalized spacial score (nSPS) is 37.4. The van der Waals surface area contributed by atoms with Crippen molar-refractivity contribution in [2.24, 2.45) is 28.6 Å². The number of nitrogens with zero attached hydrogens (tertiary/aromatic N) is 1. The van der Waals surface area contributed by atoms with Gasteiger partial charge in [0.1, 0.15) is 0 Å². The fraction of sp³-hybridized carbons (Fsp3) is 0.800. The van der Waals surface area contributed by atoms with E-state index in [2.05, 4.69) is 15.8 Å². The van der Waals surface area contributed by atoms with Gasteiger partial charge in [-0.2, -0.15) is 5.10 Å². The summed E-state index contributed by atoms with van der Waals surface area (Å²) in [5.41, 5.74) is 7.70. The highest BCUT2D eigenvalue weighted by Crippen LogP contribution is 2.55. The van der Waals surface area contributed by atoms with Crippen LogP contribution < -0.4 is 16.5 Å². The van der Waals surface area contributed by atoms with Crippen molar-refractivity contribution in [1.82, 2.24) is 10.7 Å². The smallest absolute Gasteiger partial charge is 0.332 e. The van der Waals surface area contributed by atoms with Crippen LogP contribution in [0.25, 0.3) is 0 Å². The molecule has 0 heterocycles. The highest BCUT2D eigenvalue weighted by Gasteiger charge is 2.51. The monoisotopic (exact) mass is 292 g/mol. The van der Waals surface area contributed by atoms with Crippen molar-refractivity contribution < 1.29 is 9.59 Å². The number of nitrogens with one attached hydrogen (secondary N) is 2. The number of amides is 3. The Morgan fingerprint density at radius 3 is 2.14 bits per heavy atom. The first-order valence-electron chi connectivity index (χ1n) is 7.84. The van der Waals surface area contributed by atoms with Gasteiger partial charge in [0.25, 0.3) is 0 Å². The van der Waals surface area contributed by atoms with Gasteiger partial charge in [-0.15, -0.1) is 0 Å². The lowest BCUT2D eigenvalue weighted by Gasteiger charge is -2.56. The van der Waals surface area contributed by atoms with Gasteiger partial charge < -0.3 is 11.1 Å². The van der Waals surface area contributed by atoms with Crippen molar-refractivity contribution in [2.45, 2.75) is 57.4 Å². The molecule has 0 radical (unpaired) electrons. The lowest BCUT2D eigenvalue weighted by atomic mass is 9.53. The Bertz CT molecular complexity index is 451. The quantitative estimate of drug-likeness (QED) is 0.541. The predicted molar refractivity (Wildman–Crippen MR) is 79.5 cm³/mol. The molecule has 4 bridgehead atoms. The fourth-order valence-corrected chi connectivity index (χ4v) is 5.03. The molecule has 4 N–H and O–H groups in total. The molecule has 0 spiro atoms. The van der Waals surface area contributed by atoms with Crippen LogP contribution in [0.3, 0.4) is 0 Å². The molecule has 6 nitrogen and oxygen atoms in total. The summed E-state index contributed by atoms with van der Waals surface area (Å²) >= 11 is 0. The summed E-state index contributed by atoms with van der Waals surface area (Å²) in [6, 6.07) is -0.712. The number of primary amides is 1. The Kier molecular flexibility index (Phi) is 3.63. The predicted octanol–water partition coefficient (Wildman–Crippen LogP) is 1.51. The maximum absolute atomic E-state index is 12.2. The molecule has 4 aliphatic rings. The summed E-state index contributed by atoms with van der Waals surface area (Å²) in [5, 5.41) is 7.07. The second-order valence-corrected chi connectivity index (χ2v) is 7.25. The first kappa shape index (κ1) is 14.4. The molecule has 6 heteroatoms. The summed E-state index contributed by atoms with van der Waals surface area (Å²) in [6.07, 6.45) is 7.71. The third kappa shape index (κ3) is 3.19. The van der Waals surface area contributed by atoms with E-state index in [4.69, 9.17) is 5.73 Å². The van der Waals surface area contributed by atoms with E-state index < -0.39 is 6.03 Å². The minimum Gasteiger partial charge on any atom is -0.350 e. The molecule has 0 aromatic carbocycles. The van der Waals surface area contributed by atoms with Crippen LogP contribution in [0.5, 0.6) is 0 Å². The molecule has 0 aromatic heterocycles. The second-order valence-electron chi connectivity index (χ2n) is 7.25. The third-order valence-electron chi connectivity index (χ3n) is 5.22. The van der Waals surface area contributed by atoms with Crippen molar-refractivity contribution >= 4 is 17.6 Å². The van der Waals surface area contributed by atoms with E-state index in [0.29, 0.717) is 5.71 Å². The number of hydrogen-bond acceptors (Lipinski definition) is 3. The summed E-state index contributed by atoms with van der Waals surface area (Å²) in [7, 11) is 0. The zero-order valence-corrected chi connectivity index (χ0v) is 12.5. The maximum atomic E-state index is 12.2. The Balaban J connectivity index is 1.57. The Labute approximate surface area is 124 Å². The number of carbonyl (C=O) groups excluding carboxylic acids is 2. The van der Waals surface area contributed by atoms with Crippen LogP contribution >= 0.6 is 0 Å². The molecule has 0 aromatic rings. The second kappa shape index (κ2) is 5.31. The molecule has 4 rings (SSSR count). The van der Waals surface area contributed by atoms with E-state index in [9.17, 15) is 9.59 Å². The number of carbonyl (C=O) groups is 2. The van der Waals surface area contributed by atoms with Crippen molar-refractivity contribution in [3.05, 3.63) is 0 Å². The Morgan fingerprint density at radius 1 is 1.14 bits per heavy atom. The number of hydrazone groups is 1. The minimum absolute atomic E-state index is 0.00414. The number of urea groups is 1. The van der Waals surface area contributed by atoms with Crippen LogP contribution in [0, 0.1) is 17.8 Å². The molecule has 0 atom stereocenters. The van der Waals surface area contributed by atoms with E-state index in [1.807, 2.05) is 0 Å². The highest BCUT2D eigenvalue weighted by atomic mass is 16.2. The van der Waals surface area contributed by atoms with Gasteiger partial charge >= 0.3 is 6.03 Å². The first-order chi connectivity index (χ1) is 9.94. The van der Waals surface area contributed by atoms with E-state index in [0.717, 1.165) is 37.0 Å². The standard InChI is InChI=1S/C15H24N4O2/c1-9(18-19-14(16)21)2-13(20)17-15-6-10-3-11(7-15)5-12(4-10)8-15/h10-12H,2-8H2,1H3,(H,17,20)(H3,16,19,21)/b18-9+. The molecule has 0 unspecified atom stereocenters. The summed E-state index contributed by atoms with van der Waals surface area (Å²) in [6.45, 7) is 1.72. The van der Waals surface area contributed by atoms with Gasteiger partial charge in [0.2, 0.25) is 5.91 Å². The van der Waals surface area contributed by atoms with E-state index >= 15 is 0 Å². The average Bonchev–Trinajstić information content (AvgIpc) is 2.33. The number of rotatable bonds is 4. The van der Waals surface area contributed by atoms with E-state index in [-0.39, 0.29) is 17.9 Å². The number of hydrogen-bond donors (Lipinski definition) is 3. The molecule has 4 aliphatic carbocycles. The Morgan fingerprint density at radius 2 is 1.67 bits per heavy atom. The van der Waals surface area contributed by atoms with Crippen LogP contribution in [0.4, 0.5) is 4.79 Å². The molecule has 0 saturated heterocycles. The van der Waals surface area contributed by atoms with Gasteiger partial charge in [0.05, 0.1) is 6.42 Å². The van der Waals surface area contributed by atoms with Gasteiger partial charge in [0, 0.05) is 11.3 Å². The molecular weight excluding hydrogens is 268 g/mol. The largest absolute Gasteiger partial charge is 0.350 e. The van der Waals surface area contributed by atoms with Crippen LogP contribution in [-0.2, 0) is 4.79 Å². The van der Waals surface area contributed by atoms with Crippen molar-refractivity contribution in [3.8, 4) is 0 Å². The topological polar surface area (TPSA) is 96.6 Å². The van der Waals surface area contributed by atoms with Crippen LogP contribution in [-0.4, -0.2) is 23.2 Å². The van der Waals surface area contributed by atoms with E-state index in [1.165, 1.54) is 19.3 Å². The molecule has 4 fully saturated rings. The molecule has 0 aliphatic heterocycles. The average molecular weight is 292 g/mol. The Hall–Kier alpha value is -1.59. The third-order valence-corrected chi connectivity index (χ3v) is 5.22. The fourth-order valence-electron chi connectivity index (χ4n) is 5.03. The first-order valence-corrected chi connectivity index (χ1v) is 7.84. The van der Waals surface area contributed by atoms with Crippen molar-refractivity contribution in [2.75, 3.05) is 0 Å². The zero-order chi connectivity index (χ0) is 15.0. The minimum atomic E-state index is -0.712. The number of nitrogens with two attached hydrogens (primary N) is 1. The van der Waals surface area contributed by atoms with Gasteiger partial charge in [-0.25, -0.2) is 10.2 Å². The maximum Gasteiger partial charge on any atom is 0.332 e. The summed E-state index contributed by atoms with van der Waals surface area (Å²) < 4.78 is 0.